The maximum Gasteiger partial charge on any atom is 0.322 e. The van der Waals surface area contributed by atoms with E-state index in [1.807, 2.05) is 19.1 Å². The van der Waals surface area contributed by atoms with Crippen molar-refractivity contribution in [2.75, 3.05) is 18.4 Å². The van der Waals surface area contributed by atoms with E-state index in [1.165, 1.54) is 11.0 Å². The smallest absolute Gasteiger partial charge is 0.322 e. The molecule has 0 spiro atoms. The molecule has 2 unspecified atom stereocenters. The van der Waals surface area contributed by atoms with Crippen LogP contribution in [0.4, 0.5) is 19.3 Å². The molecule has 2 bridgehead atoms. The van der Waals surface area contributed by atoms with Crippen molar-refractivity contribution in [3.05, 3.63) is 65.0 Å². The SMILES string of the molecule is Cc1ncccc1C1=CC2CC1N(C(=O)CN1Cc3c(ccc(F)c3F)NC1=O)C2. The molecule has 3 aliphatic rings. The molecule has 3 heterocycles. The Morgan fingerprint density at radius 2 is 2.13 bits per heavy atom. The lowest BCUT2D eigenvalue weighted by Gasteiger charge is -2.33. The third-order valence-electron chi connectivity index (χ3n) is 6.15. The lowest BCUT2D eigenvalue weighted by Crippen LogP contribution is -2.48. The molecule has 1 saturated heterocycles. The maximum atomic E-state index is 14.2. The topological polar surface area (TPSA) is 65.5 Å². The molecule has 8 heteroatoms. The van der Waals surface area contributed by atoms with Gasteiger partial charge in [-0.2, -0.15) is 0 Å². The van der Waals surface area contributed by atoms with Crippen molar-refractivity contribution in [3.63, 3.8) is 0 Å². The van der Waals surface area contributed by atoms with Gasteiger partial charge in [-0.3, -0.25) is 9.78 Å². The first-order valence-electron chi connectivity index (χ1n) is 9.88. The third kappa shape index (κ3) is 2.94. The summed E-state index contributed by atoms with van der Waals surface area (Å²) in [5.74, 6) is -1.90. The average molecular weight is 410 g/mol. The zero-order chi connectivity index (χ0) is 21.0. The van der Waals surface area contributed by atoms with Crippen LogP contribution in [0.25, 0.3) is 5.57 Å². The molecule has 3 amide bonds. The van der Waals surface area contributed by atoms with Gasteiger partial charge in [-0.25, -0.2) is 13.6 Å². The fraction of sp³-hybridized carbons (Fsp3) is 0.318. The number of aromatic nitrogens is 1. The monoisotopic (exact) mass is 410 g/mol. The minimum Gasteiger partial charge on any atom is -0.333 e. The Hall–Kier alpha value is -3.29. The van der Waals surface area contributed by atoms with E-state index in [2.05, 4.69) is 16.4 Å². The predicted octanol–water partition coefficient (Wildman–Crippen LogP) is 3.33. The normalized spacial score (nSPS) is 22.1. The Morgan fingerprint density at radius 1 is 1.30 bits per heavy atom. The summed E-state index contributed by atoms with van der Waals surface area (Å²) in [4.78, 5) is 32.8. The number of hydrogen-bond donors (Lipinski definition) is 1. The number of aryl methyl sites for hydroxylation is 1. The first-order valence-corrected chi connectivity index (χ1v) is 9.88. The van der Waals surface area contributed by atoms with E-state index in [4.69, 9.17) is 0 Å². The second-order valence-corrected chi connectivity index (χ2v) is 7.99. The summed E-state index contributed by atoms with van der Waals surface area (Å²) in [5, 5.41) is 2.54. The molecule has 2 aromatic rings. The molecule has 2 aliphatic heterocycles. The molecule has 1 aromatic carbocycles. The maximum absolute atomic E-state index is 14.2. The lowest BCUT2D eigenvalue weighted by molar-refractivity contribution is -0.132. The van der Waals surface area contributed by atoms with E-state index in [1.54, 1.807) is 11.1 Å². The van der Waals surface area contributed by atoms with E-state index in [0.29, 0.717) is 6.54 Å². The van der Waals surface area contributed by atoms with Gasteiger partial charge in [0.15, 0.2) is 11.6 Å². The van der Waals surface area contributed by atoms with Gasteiger partial charge >= 0.3 is 6.03 Å². The van der Waals surface area contributed by atoms with Crippen LogP contribution in [0.15, 0.2) is 36.5 Å². The molecule has 30 heavy (non-hydrogen) atoms. The first kappa shape index (κ1) is 18.7. The number of carbonyl (C=O) groups excluding carboxylic acids is 2. The quantitative estimate of drug-likeness (QED) is 0.844. The van der Waals surface area contributed by atoms with Crippen LogP contribution in [-0.4, -0.2) is 45.9 Å². The van der Waals surface area contributed by atoms with Gasteiger partial charge in [0.2, 0.25) is 5.91 Å². The molecule has 1 aliphatic carbocycles. The van der Waals surface area contributed by atoms with E-state index >= 15 is 0 Å². The fourth-order valence-electron chi connectivity index (χ4n) is 4.69. The molecule has 1 N–H and O–H groups in total. The molecule has 154 valence electrons. The van der Waals surface area contributed by atoms with Gasteiger partial charge in [-0.15, -0.1) is 0 Å². The van der Waals surface area contributed by atoms with Crippen LogP contribution < -0.4 is 5.32 Å². The number of hydrogen-bond acceptors (Lipinski definition) is 3. The number of likely N-dealkylation sites (tertiary alicyclic amines) is 1. The number of urea groups is 1. The highest BCUT2D eigenvalue weighted by Crippen LogP contribution is 2.42. The van der Waals surface area contributed by atoms with E-state index in [-0.39, 0.29) is 42.2 Å². The summed E-state index contributed by atoms with van der Waals surface area (Å²) in [5.41, 5.74) is 3.32. The average Bonchev–Trinajstić information content (AvgIpc) is 3.33. The number of amides is 3. The number of fused-ring (bicyclic) bond motifs is 3. The van der Waals surface area contributed by atoms with Crippen LogP contribution >= 0.6 is 0 Å². The Morgan fingerprint density at radius 3 is 2.90 bits per heavy atom. The number of nitrogens with one attached hydrogen (secondary N) is 1. The van der Waals surface area contributed by atoms with Crippen molar-refractivity contribution in [2.45, 2.75) is 25.9 Å². The zero-order valence-electron chi connectivity index (χ0n) is 16.4. The standard InChI is InChI=1S/C22H20F2N4O2/c1-12-14(3-2-6-25-12)15-7-13-8-19(15)28(9-13)20(29)11-27-10-16-18(26-22(27)30)5-4-17(23)21(16)24/h2-7,13,19H,8-11H2,1H3,(H,26,30). The number of pyridine rings is 1. The van der Waals surface area contributed by atoms with Crippen LogP contribution in [0.1, 0.15) is 23.2 Å². The number of halogens is 2. The molecule has 5 rings (SSSR count). The van der Waals surface area contributed by atoms with Crippen molar-refractivity contribution >= 4 is 23.2 Å². The van der Waals surface area contributed by atoms with Gasteiger partial charge in [0, 0.05) is 29.6 Å². The largest absolute Gasteiger partial charge is 0.333 e. The number of benzene rings is 1. The minimum absolute atomic E-state index is 0.0527. The highest BCUT2D eigenvalue weighted by molar-refractivity contribution is 5.95. The number of carbonyl (C=O) groups is 2. The summed E-state index contributed by atoms with van der Waals surface area (Å²) in [6, 6.07) is 5.64. The second-order valence-electron chi connectivity index (χ2n) is 7.99. The lowest BCUT2D eigenvalue weighted by atomic mass is 9.99. The summed E-state index contributed by atoms with van der Waals surface area (Å²) in [7, 11) is 0. The van der Waals surface area contributed by atoms with Crippen LogP contribution in [0.3, 0.4) is 0 Å². The number of rotatable bonds is 3. The molecule has 0 saturated carbocycles. The second kappa shape index (κ2) is 6.90. The molecular formula is C22H20F2N4O2. The van der Waals surface area contributed by atoms with Crippen LogP contribution in [0.2, 0.25) is 0 Å². The summed E-state index contributed by atoms with van der Waals surface area (Å²) >= 11 is 0. The molecule has 6 nitrogen and oxygen atoms in total. The van der Waals surface area contributed by atoms with Gasteiger partial charge in [0.1, 0.15) is 6.54 Å². The van der Waals surface area contributed by atoms with Gasteiger partial charge in [0.05, 0.1) is 18.3 Å². The van der Waals surface area contributed by atoms with Crippen molar-refractivity contribution in [1.29, 1.82) is 0 Å². The van der Waals surface area contributed by atoms with E-state index in [0.717, 1.165) is 29.3 Å². The highest BCUT2D eigenvalue weighted by Gasteiger charge is 2.43. The molecular weight excluding hydrogens is 390 g/mol. The van der Waals surface area contributed by atoms with E-state index in [9.17, 15) is 18.4 Å². The van der Waals surface area contributed by atoms with Crippen molar-refractivity contribution < 1.29 is 18.4 Å². The van der Waals surface area contributed by atoms with Crippen molar-refractivity contribution in [1.82, 2.24) is 14.8 Å². The van der Waals surface area contributed by atoms with Crippen molar-refractivity contribution in [2.24, 2.45) is 5.92 Å². The Bertz CT molecular complexity index is 1100. The summed E-state index contributed by atoms with van der Waals surface area (Å²) in [6.07, 6.45) is 4.80. The Balaban J connectivity index is 1.34. The third-order valence-corrected chi connectivity index (χ3v) is 6.15. The summed E-state index contributed by atoms with van der Waals surface area (Å²) < 4.78 is 27.7. The van der Waals surface area contributed by atoms with Gasteiger partial charge < -0.3 is 15.1 Å². The van der Waals surface area contributed by atoms with Crippen LogP contribution in [0, 0.1) is 24.5 Å². The zero-order valence-corrected chi connectivity index (χ0v) is 16.4. The minimum atomic E-state index is -0.998. The molecule has 1 aromatic heterocycles. The van der Waals surface area contributed by atoms with Gasteiger partial charge in [0.25, 0.3) is 0 Å². The molecule has 1 fully saturated rings. The first-order chi connectivity index (χ1) is 14.4. The molecule has 0 radical (unpaired) electrons. The Kier molecular flexibility index (Phi) is 4.30. The van der Waals surface area contributed by atoms with Crippen molar-refractivity contribution in [3.8, 4) is 0 Å². The predicted molar refractivity (Wildman–Crippen MR) is 106 cm³/mol. The fourth-order valence-corrected chi connectivity index (χ4v) is 4.69. The summed E-state index contributed by atoms with van der Waals surface area (Å²) in [6.45, 7) is 2.20. The van der Waals surface area contributed by atoms with Crippen LogP contribution in [-0.2, 0) is 11.3 Å². The Labute approximate surface area is 172 Å². The number of anilines is 1. The van der Waals surface area contributed by atoms with Gasteiger partial charge in [-0.1, -0.05) is 12.1 Å². The molecule has 2 atom stereocenters. The number of nitrogens with zero attached hydrogens (tertiary/aromatic N) is 3. The van der Waals surface area contributed by atoms with Crippen LogP contribution in [0.5, 0.6) is 0 Å². The van der Waals surface area contributed by atoms with Gasteiger partial charge in [-0.05, 0) is 43.0 Å². The highest BCUT2D eigenvalue weighted by atomic mass is 19.2. The van der Waals surface area contributed by atoms with E-state index < -0.39 is 17.7 Å².